The number of halogens is 1. The highest BCUT2D eigenvalue weighted by molar-refractivity contribution is 6.34. The number of likely N-dealkylation sites (N-methyl/N-ethyl adjacent to an activating group) is 1. The van der Waals surface area contributed by atoms with E-state index in [2.05, 4.69) is 9.80 Å². The number of carboxylic acid groups (broad SMARTS) is 1. The summed E-state index contributed by atoms with van der Waals surface area (Å²) in [4.78, 5) is 15.6. The molecular weight excluding hydrogens is 264 g/mol. The summed E-state index contributed by atoms with van der Waals surface area (Å²) in [5, 5.41) is 9.84. The van der Waals surface area contributed by atoms with Crippen LogP contribution in [0.5, 0.6) is 0 Å². The smallest absolute Gasteiger partial charge is 0.337 e. The lowest BCUT2D eigenvalue weighted by molar-refractivity contribution is 0.0697. The highest BCUT2D eigenvalue weighted by Gasteiger charge is 2.29. The second kappa shape index (κ2) is 5.80. The van der Waals surface area contributed by atoms with Crippen LogP contribution >= 0.6 is 11.6 Å². The van der Waals surface area contributed by atoms with Crippen molar-refractivity contribution in [1.29, 1.82) is 0 Å². The molecule has 1 aromatic rings. The average Bonchev–Trinajstić information content (AvgIpc) is 2.75. The largest absolute Gasteiger partial charge is 0.478 e. The van der Waals surface area contributed by atoms with Gasteiger partial charge >= 0.3 is 5.97 Å². The van der Waals surface area contributed by atoms with Crippen molar-refractivity contribution in [3.63, 3.8) is 0 Å². The molecule has 0 radical (unpaired) electrons. The van der Waals surface area contributed by atoms with E-state index in [1.54, 1.807) is 18.2 Å². The van der Waals surface area contributed by atoms with Crippen LogP contribution in [0.4, 0.5) is 5.69 Å². The molecule has 0 bridgehead atoms. The quantitative estimate of drug-likeness (QED) is 0.922. The topological polar surface area (TPSA) is 43.8 Å². The molecule has 0 amide bonds. The van der Waals surface area contributed by atoms with Crippen LogP contribution in [-0.2, 0) is 0 Å². The molecule has 1 atom stereocenters. The summed E-state index contributed by atoms with van der Waals surface area (Å²) in [5.74, 6) is -0.923. The Morgan fingerprint density at radius 3 is 2.89 bits per heavy atom. The summed E-state index contributed by atoms with van der Waals surface area (Å²) in [6.07, 6.45) is 2.14. The predicted molar refractivity (Wildman–Crippen MR) is 77.3 cm³/mol. The first kappa shape index (κ1) is 14.2. The number of benzene rings is 1. The van der Waals surface area contributed by atoms with Gasteiger partial charge < -0.3 is 14.9 Å². The van der Waals surface area contributed by atoms with E-state index < -0.39 is 5.97 Å². The monoisotopic (exact) mass is 282 g/mol. The Hall–Kier alpha value is -1.26. The molecule has 1 aromatic carbocycles. The van der Waals surface area contributed by atoms with Crippen molar-refractivity contribution < 1.29 is 9.90 Å². The van der Waals surface area contributed by atoms with Crippen molar-refractivity contribution >= 4 is 23.3 Å². The summed E-state index contributed by atoms with van der Waals surface area (Å²) in [5.41, 5.74) is 0.958. The van der Waals surface area contributed by atoms with Crippen molar-refractivity contribution in [1.82, 2.24) is 4.90 Å². The fraction of sp³-hybridized carbons (Fsp3) is 0.500. The van der Waals surface area contributed by atoms with Crippen molar-refractivity contribution in [3.8, 4) is 0 Å². The van der Waals surface area contributed by atoms with Gasteiger partial charge in [-0.2, -0.15) is 0 Å². The van der Waals surface area contributed by atoms with E-state index in [0.717, 1.165) is 25.9 Å². The van der Waals surface area contributed by atoms with Crippen LogP contribution in [0.3, 0.4) is 0 Å². The molecule has 1 aliphatic rings. The molecule has 0 aromatic heterocycles. The fourth-order valence-corrected chi connectivity index (χ4v) is 3.00. The molecule has 1 N–H and O–H groups in total. The Kier molecular flexibility index (Phi) is 4.32. The summed E-state index contributed by atoms with van der Waals surface area (Å²) in [6, 6.07) is 5.39. The van der Waals surface area contributed by atoms with Crippen molar-refractivity contribution in [3.05, 3.63) is 28.8 Å². The van der Waals surface area contributed by atoms with E-state index in [9.17, 15) is 9.90 Å². The molecule has 1 heterocycles. The second-order valence-electron chi connectivity index (χ2n) is 5.19. The number of carbonyl (C=O) groups is 1. The van der Waals surface area contributed by atoms with Crippen LogP contribution in [0.25, 0.3) is 0 Å². The summed E-state index contributed by atoms with van der Waals surface area (Å²) < 4.78 is 0. The van der Waals surface area contributed by atoms with Crippen LogP contribution in [0.2, 0.25) is 5.02 Å². The minimum Gasteiger partial charge on any atom is -0.478 e. The SMILES string of the molecule is CN(C)CC1CCCN1c1c(Cl)cccc1C(=O)O. The molecule has 1 unspecified atom stereocenters. The Balaban J connectivity index is 2.37. The highest BCUT2D eigenvalue weighted by Crippen LogP contribution is 2.35. The van der Waals surface area contributed by atoms with Crippen LogP contribution in [0.1, 0.15) is 23.2 Å². The van der Waals surface area contributed by atoms with Crippen LogP contribution < -0.4 is 4.90 Å². The first-order valence-electron chi connectivity index (χ1n) is 6.44. The fourth-order valence-electron chi connectivity index (χ4n) is 2.72. The molecule has 0 spiro atoms. The van der Waals surface area contributed by atoms with Crippen molar-refractivity contribution in [2.24, 2.45) is 0 Å². The van der Waals surface area contributed by atoms with Crippen molar-refractivity contribution in [2.75, 3.05) is 32.1 Å². The molecule has 1 saturated heterocycles. The lowest BCUT2D eigenvalue weighted by atomic mass is 10.1. The third-order valence-corrected chi connectivity index (χ3v) is 3.76. The summed E-state index contributed by atoms with van der Waals surface area (Å²) >= 11 is 6.24. The molecular formula is C14H19ClN2O2. The van der Waals surface area contributed by atoms with E-state index in [1.807, 2.05) is 14.1 Å². The third-order valence-electron chi connectivity index (χ3n) is 3.46. The molecule has 4 nitrogen and oxygen atoms in total. The van der Waals surface area contributed by atoms with E-state index in [4.69, 9.17) is 11.6 Å². The molecule has 19 heavy (non-hydrogen) atoms. The molecule has 1 fully saturated rings. The lowest BCUT2D eigenvalue weighted by Crippen LogP contribution is -2.38. The zero-order chi connectivity index (χ0) is 14.0. The van der Waals surface area contributed by atoms with Gasteiger partial charge in [0.1, 0.15) is 0 Å². The maximum Gasteiger partial charge on any atom is 0.337 e. The van der Waals surface area contributed by atoms with Gasteiger partial charge in [-0.25, -0.2) is 4.79 Å². The zero-order valence-electron chi connectivity index (χ0n) is 11.3. The minimum absolute atomic E-state index is 0.290. The molecule has 2 rings (SSSR count). The predicted octanol–water partition coefficient (Wildman–Crippen LogP) is 2.57. The van der Waals surface area contributed by atoms with Crippen molar-refractivity contribution in [2.45, 2.75) is 18.9 Å². The second-order valence-corrected chi connectivity index (χ2v) is 5.60. The number of nitrogens with zero attached hydrogens (tertiary/aromatic N) is 2. The number of anilines is 1. The van der Waals surface area contributed by atoms with Gasteiger partial charge in [0.25, 0.3) is 0 Å². The minimum atomic E-state index is -0.923. The highest BCUT2D eigenvalue weighted by atomic mass is 35.5. The summed E-state index contributed by atoms with van der Waals surface area (Å²) in [6.45, 7) is 1.77. The maximum absolute atomic E-state index is 11.4. The van der Waals surface area contributed by atoms with Gasteiger partial charge in [0, 0.05) is 19.1 Å². The number of rotatable bonds is 4. The van der Waals surface area contributed by atoms with Gasteiger partial charge in [-0.1, -0.05) is 17.7 Å². The standard InChI is InChI=1S/C14H19ClN2O2/c1-16(2)9-10-5-4-8-17(10)13-11(14(18)19)6-3-7-12(13)15/h3,6-7,10H,4-5,8-9H2,1-2H3,(H,18,19). The third kappa shape index (κ3) is 3.01. The Bertz CT molecular complexity index is 477. The average molecular weight is 283 g/mol. The molecule has 0 saturated carbocycles. The van der Waals surface area contributed by atoms with Gasteiger partial charge in [0.15, 0.2) is 0 Å². The number of para-hydroxylation sites is 1. The lowest BCUT2D eigenvalue weighted by Gasteiger charge is -2.30. The number of hydrogen-bond acceptors (Lipinski definition) is 3. The maximum atomic E-state index is 11.4. The van der Waals surface area contributed by atoms with Gasteiger partial charge in [0.05, 0.1) is 16.3 Å². The number of aromatic carboxylic acids is 1. The van der Waals surface area contributed by atoms with Crippen LogP contribution in [0, 0.1) is 0 Å². The normalized spacial score (nSPS) is 19.2. The molecule has 0 aliphatic carbocycles. The number of carboxylic acids is 1. The summed E-state index contributed by atoms with van der Waals surface area (Å²) in [7, 11) is 4.06. The van der Waals surface area contributed by atoms with E-state index in [-0.39, 0.29) is 5.56 Å². The Morgan fingerprint density at radius 2 is 2.26 bits per heavy atom. The van der Waals surface area contributed by atoms with Gasteiger partial charge in [-0.05, 0) is 39.1 Å². The van der Waals surface area contributed by atoms with E-state index >= 15 is 0 Å². The van der Waals surface area contributed by atoms with E-state index in [1.165, 1.54) is 0 Å². The Morgan fingerprint density at radius 1 is 1.53 bits per heavy atom. The molecule has 104 valence electrons. The first-order chi connectivity index (χ1) is 9.00. The van der Waals surface area contributed by atoms with Crippen LogP contribution in [-0.4, -0.2) is 49.2 Å². The van der Waals surface area contributed by atoms with Gasteiger partial charge in [-0.3, -0.25) is 0 Å². The number of hydrogen-bond donors (Lipinski definition) is 1. The Labute approximate surface area is 118 Å². The van der Waals surface area contributed by atoms with Crippen LogP contribution in [0.15, 0.2) is 18.2 Å². The van der Waals surface area contributed by atoms with Gasteiger partial charge in [0.2, 0.25) is 0 Å². The van der Waals surface area contributed by atoms with E-state index in [0.29, 0.717) is 16.8 Å². The van der Waals surface area contributed by atoms with Gasteiger partial charge in [-0.15, -0.1) is 0 Å². The first-order valence-corrected chi connectivity index (χ1v) is 6.81. The molecule has 5 heteroatoms. The zero-order valence-corrected chi connectivity index (χ0v) is 12.0. The molecule has 1 aliphatic heterocycles.